The third-order valence-corrected chi connectivity index (χ3v) is 3.85. The summed E-state index contributed by atoms with van der Waals surface area (Å²) in [4.78, 5) is 12.3. The van der Waals surface area contributed by atoms with Gasteiger partial charge in [0.15, 0.2) is 5.78 Å². The van der Waals surface area contributed by atoms with Gasteiger partial charge < -0.3 is 0 Å². The minimum Gasteiger partial charge on any atom is -0.289 e. The summed E-state index contributed by atoms with van der Waals surface area (Å²) >= 11 is 9.65. The molecule has 0 N–H and O–H groups in total. The van der Waals surface area contributed by atoms with E-state index in [2.05, 4.69) is 22.9 Å². The molecule has 2 rings (SSSR count). The first-order chi connectivity index (χ1) is 8.63. The summed E-state index contributed by atoms with van der Waals surface area (Å²) in [5.41, 5.74) is 2.28. The van der Waals surface area contributed by atoms with Gasteiger partial charge in [-0.05, 0) is 24.1 Å². The predicted octanol–water partition coefficient (Wildman–Crippen LogP) is 4.90. The van der Waals surface area contributed by atoms with E-state index < -0.39 is 0 Å². The normalized spacial score (nSPS) is 10.4. The van der Waals surface area contributed by atoms with Crippen molar-refractivity contribution in [1.82, 2.24) is 0 Å². The van der Waals surface area contributed by atoms with Crippen LogP contribution >= 0.6 is 27.5 Å². The van der Waals surface area contributed by atoms with E-state index in [1.54, 1.807) is 18.2 Å². The molecule has 0 aliphatic heterocycles. The van der Waals surface area contributed by atoms with Crippen LogP contribution in [0, 0.1) is 0 Å². The fraction of sp³-hybridized carbons (Fsp3) is 0.133. The van der Waals surface area contributed by atoms with Crippen molar-refractivity contribution in [3.8, 4) is 0 Å². The fourth-order valence-electron chi connectivity index (χ4n) is 1.78. The lowest BCUT2D eigenvalue weighted by atomic mass is 10.0. The van der Waals surface area contributed by atoms with Gasteiger partial charge >= 0.3 is 0 Å². The van der Waals surface area contributed by atoms with Crippen LogP contribution in [0.4, 0.5) is 0 Å². The molecule has 0 unspecified atom stereocenters. The SMILES string of the molecule is CCc1cc(Cl)c(C(=O)c2ccccc2)cc1Br. The number of hydrogen-bond acceptors (Lipinski definition) is 1. The zero-order valence-electron chi connectivity index (χ0n) is 9.91. The van der Waals surface area contributed by atoms with Crippen molar-refractivity contribution in [2.75, 3.05) is 0 Å². The molecule has 0 heterocycles. The molecule has 0 bridgehead atoms. The molecule has 0 aromatic heterocycles. The molecule has 1 nitrogen and oxygen atoms in total. The third-order valence-electron chi connectivity index (χ3n) is 2.80. The van der Waals surface area contributed by atoms with Crippen LogP contribution in [0.3, 0.4) is 0 Å². The Bertz CT molecular complexity index is 579. The Morgan fingerprint density at radius 3 is 2.50 bits per heavy atom. The highest BCUT2D eigenvalue weighted by atomic mass is 79.9. The van der Waals surface area contributed by atoms with Gasteiger partial charge in [0.05, 0.1) is 5.02 Å². The first-order valence-corrected chi connectivity index (χ1v) is 6.88. The maximum Gasteiger partial charge on any atom is 0.194 e. The fourth-order valence-corrected chi connectivity index (χ4v) is 2.67. The highest BCUT2D eigenvalue weighted by Gasteiger charge is 2.14. The van der Waals surface area contributed by atoms with Crippen LogP contribution < -0.4 is 0 Å². The highest BCUT2D eigenvalue weighted by Crippen LogP contribution is 2.27. The van der Waals surface area contributed by atoms with Crippen molar-refractivity contribution in [1.29, 1.82) is 0 Å². The van der Waals surface area contributed by atoms with Crippen LogP contribution in [-0.2, 0) is 6.42 Å². The maximum absolute atomic E-state index is 12.3. The Labute approximate surface area is 120 Å². The molecule has 0 fully saturated rings. The molecule has 0 saturated carbocycles. The second-order valence-corrected chi connectivity index (χ2v) is 5.23. The number of hydrogen-bond donors (Lipinski definition) is 0. The lowest BCUT2D eigenvalue weighted by Crippen LogP contribution is -2.03. The standard InChI is InChI=1S/C15H12BrClO/c1-2-10-8-14(17)12(9-13(10)16)15(18)11-6-4-3-5-7-11/h3-9H,2H2,1H3. The van der Waals surface area contributed by atoms with E-state index >= 15 is 0 Å². The molecule has 0 spiro atoms. The number of ketones is 1. The molecule has 2 aromatic rings. The smallest absolute Gasteiger partial charge is 0.194 e. The summed E-state index contributed by atoms with van der Waals surface area (Å²) in [6.07, 6.45) is 0.875. The predicted molar refractivity (Wildman–Crippen MR) is 78.4 cm³/mol. The van der Waals surface area contributed by atoms with Crippen molar-refractivity contribution in [3.63, 3.8) is 0 Å². The largest absolute Gasteiger partial charge is 0.289 e. The van der Waals surface area contributed by atoms with E-state index in [4.69, 9.17) is 11.6 Å². The lowest BCUT2D eigenvalue weighted by Gasteiger charge is -2.08. The topological polar surface area (TPSA) is 17.1 Å². The van der Waals surface area contributed by atoms with Gasteiger partial charge in [-0.15, -0.1) is 0 Å². The van der Waals surface area contributed by atoms with Crippen LogP contribution in [0.25, 0.3) is 0 Å². The molecule has 3 heteroatoms. The van der Waals surface area contributed by atoms with Gasteiger partial charge in [-0.2, -0.15) is 0 Å². The third kappa shape index (κ3) is 2.65. The molecule has 18 heavy (non-hydrogen) atoms. The number of aryl methyl sites for hydroxylation is 1. The zero-order valence-corrected chi connectivity index (χ0v) is 12.3. The van der Waals surface area contributed by atoms with Gasteiger partial charge in [0.25, 0.3) is 0 Å². The Morgan fingerprint density at radius 1 is 1.22 bits per heavy atom. The molecule has 0 saturated heterocycles. The summed E-state index contributed by atoms with van der Waals surface area (Å²) in [6, 6.07) is 12.8. The molecular formula is C15H12BrClO. The Balaban J connectivity index is 2.46. The molecular weight excluding hydrogens is 312 g/mol. The Kier molecular flexibility index (Phi) is 4.20. The molecule has 0 amide bonds. The van der Waals surface area contributed by atoms with Crippen molar-refractivity contribution >= 4 is 33.3 Å². The van der Waals surface area contributed by atoms with Gasteiger partial charge in [-0.25, -0.2) is 0 Å². The van der Waals surface area contributed by atoms with Gasteiger partial charge in [0.2, 0.25) is 0 Å². The van der Waals surface area contributed by atoms with Gasteiger partial charge in [-0.3, -0.25) is 4.79 Å². The second-order valence-electron chi connectivity index (χ2n) is 3.97. The zero-order chi connectivity index (χ0) is 13.1. The highest BCUT2D eigenvalue weighted by molar-refractivity contribution is 9.10. The van der Waals surface area contributed by atoms with Gasteiger partial charge in [0.1, 0.15) is 0 Å². The first-order valence-electron chi connectivity index (χ1n) is 5.71. The van der Waals surface area contributed by atoms with Crippen molar-refractivity contribution < 1.29 is 4.79 Å². The molecule has 0 radical (unpaired) electrons. The summed E-state index contributed by atoms with van der Waals surface area (Å²) in [5.74, 6) is -0.0519. The van der Waals surface area contributed by atoms with Crippen LogP contribution in [0.2, 0.25) is 5.02 Å². The quantitative estimate of drug-likeness (QED) is 0.735. The number of benzene rings is 2. The van der Waals surface area contributed by atoms with E-state index in [1.807, 2.05) is 24.3 Å². The summed E-state index contributed by atoms with van der Waals surface area (Å²) in [5, 5.41) is 0.504. The van der Waals surface area contributed by atoms with Gasteiger partial charge in [-0.1, -0.05) is 64.8 Å². The first kappa shape index (κ1) is 13.3. The average molecular weight is 324 g/mol. The van der Waals surface area contributed by atoms with Gasteiger partial charge in [0, 0.05) is 15.6 Å². The van der Waals surface area contributed by atoms with Crippen molar-refractivity contribution in [2.24, 2.45) is 0 Å². The minimum atomic E-state index is -0.0519. The van der Waals surface area contributed by atoms with E-state index in [0.717, 1.165) is 16.5 Å². The van der Waals surface area contributed by atoms with Crippen molar-refractivity contribution in [2.45, 2.75) is 13.3 Å². The van der Waals surface area contributed by atoms with Crippen molar-refractivity contribution in [3.05, 3.63) is 68.7 Å². The van der Waals surface area contributed by atoms with E-state index in [0.29, 0.717) is 16.1 Å². The average Bonchev–Trinajstić information content (AvgIpc) is 2.41. The number of carbonyl (C=O) groups excluding carboxylic acids is 1. The monoisotopic (exact) mass is 322 g/mol. The molecule has 2 aromatic carbocycles. The van der Waals surface area contributed by atoms with E-state index in [1.165, 1.54) is 0 Å². The van der Waals surface area contributed by atoms with Crippen LogP contribution in [-0.4, -0.2) is 5.78 Å². The number of rotatable bonds is 3. The molecule has 92 valence electrons. The Hall–Kier alpha value is -1.12. The maximum atomic E-state index is 12.3. The van der Waals surface area contributed by atoms with Crippen LogP contribution in [0.5, 0.6) is 0 Å². The summed E-state index contributed by atoms with van der Waals surface area (Å²) < 4.78 is 0.925. The van der Waals surface area contributed by atoms with Crippen LogP contribution in [0.1, 0.15) is 28.4 Å². The Morgan fingerprint density at radius 2 is 1.89 bits per heavy atom. The van der Waals surface area contributed by atoms with E-state index in [9.17, 15) is 4.79 Å². The number of carbonyl (C=O) groups is 1. The van der Waals surface area contributed by atoms with E-state index in [-0.39, 0.29) is 5.78 Å². The summed E-state index contributed by atoms with van der Waals surface area (Å²) in [7, 11) is 0. The summed E-state index contributed by atoms with van der Waals surface area (Å²) in [6.45, 7) is 2.05. The number of halogens is 2. The minimum absolute atomic E-state index is 0.0519. The molecule has 0 aliphatic carbocycles. The molecule has 0 atom stereocenters. The second kappa shape index (κ2) is 5.68. The lowest BCUT2D eigenvalue weighted by molar-refractivity contribution is 0.103. The molecule has 0 aliphatic rings. The van der Waals surface area contributed by atoms with Crippen LogP contribution in [0.15, 0.2) is 46.9 Å².